The fourth-order valence-electron chi connectivity index (χ4n) is 7.44. The third-order valence-corrected chi connectivity index (χ3v) is 9.87. The molecule has 3 aliphatic rings. The number of nitrogens with two attached hydrogens (primary N) is 2. The number of nitrogens with one attached hydrogen (secondary N) is 1. The molecule has 45 heavy (non-hydrogen) atoms. The van der Waals surface area contributed by atoms with E-state index in [0.29, 0.717) is 58.7 Å². The Morgan fingerprint density at radius 3 is 2.67 bits per heavy atom. The number of benzene rings is 2. The second-order valence-electron chi connectivity index (χ2n) is 12.6. The Balaban J connectivity index is 0.979. The third-order valence-electron chi connectivity index (χ3n) is 9.87. The number of nitrogens with zero attached hydrogens (tertiary/aromatic N) is 7. The first-order valence-corrected chi connectivity index (χ1v) is 16.0. The summed E-state index contributed by atoms with van der Waals surface area (Å²) in [5, 5.41) is 9.10. The standard InChI is InChI=1S/C33H38N10O2/c34-30-28-29(23-3-4-27-26(16-23)39-33(35)45-27)40-43(31(28)38-19-37-30)17-20-1-2-24-18-42(14-9-22(24)15-20)32(44)21-7-12-41(13-8-21)25-5-10-36-11-6-25/h1-4,15-16,19,21,25,36H,5-14,17-18H2,(H2,35,39)(H2,34,37,38). The second kappa shape index (κ2) is 11.4. The molecule has 12 heteroatoms. The number of carbonyl (C=O) groups is 1. The van der Waals surface area contributed by atoms with Crippen molar-refractivity contribution in [3.63, 3.8) is 0 Å². The molecule has 232 valence electrons. The normalized spacial score (nSPS) is 18.5. The quantitative estimate of drug-likeness (QED) is 0.271. The van der Waals surface area contributed by atoms with Crippen LogP contribution in [-0.4, -0.2) is 79.2 Å². The van der Waals surface area contributed by atoms with Gasteiger partial charge in [-0.05, 0) is 93.2 Å². The fourth-order valence-corrected chi connectivity index (χ4v) is 7.44. The Bertz CT molecular complexity index is 1880. The summed E-state index contributed by atoms with van der Waals surface area (Å²) in [4.78, 5) is 31.3. The van der Waals surface area contributed by atoms with Gasteiger partial charge in [0.25, 0.3) is 6.01 Å². The topological polar surface area (TPSA) is 157 Å². The van der Waals surface area contributed by atoms with Crippen LogP contribution >= 0.6 is 0 Å². The van der Waals surface area contributed by atoms with E-state index in [2.05, 4.69) is 48.3 Å². The van der Waals surface area contributed by atoms with Crippen molar-refractivity contribution in [3.8, 4) is 11.3 Å². The summed E-state index contributed by atoms with van der Waals surface area (Å²) < 4.78 is 7.32. The molecule has 2 saturated heterocycles. The largest absolute Gasteiger partial charge is 0.424 e. The van der Waals surface area contributed by atoms with Gasteiger partial charge >= 0.3 is 0 Å². The molecule has 1 amide bonds. The van der Waals surface area contributed by atoms with Crippen LogP contribution in [0, 0.1) is 5.92 Å². The Hall–Kier alpha value is -4.55. The molecular formula is C33H38N10O2. The molecule has 12 nitrogen and oxygen atoms in total. The predicted molar refractivity (Wildman–Crippen MR) is 172 cm³/mol. The van der Waals surface area contributed by atoms with Crippen molar-refractivity contribution < 1.29 is 9.21 Å². The molecule has 2 fully saturated rings. The first kappa shape index (κ1) is 28.0. The number of hydrogen-bond donors (Lipinski definition) is 3. The monoisotopic (exact) mass is 606 g/mol. The van der Waals surface area contributed by atoms with E-state index >= 15 is 0 Å². The van der Waals surface area contributed by atoms with Crippen LogP contribution in [-0.2, 0) is 24.3 Å². The molecule has 0 atom stereocenters. The highest BCUT2D eigenvalue weighted by Crippen LogP contribution is 2.33. The molecule has 3 aromatic heterocycles. The number of likely N-dealkylation sites (tertiary alicyclic amines) is 1. The number of rotatable bonds is 5. The minimum atomic E-state index is 0.119. The smallest absolute Gasteiger partial charge is 0.292 e. The van der Waals surface area contributed by atoms with E-state index in [-0.39, 0.29) is 11.9 Å². The Kier molecular flexibility index (Phi) is 7.10. The maximum Gasteiger partial charge on any atom is 0.292 e. The number of aromatic nitrogens is 5. The molecule has 8 rings (SSSR count). The number of carbonyl (C=O) groups excluding carboxylic acids is 1. The zero-order chi connectivity index (χ0) is 30.5. The van der Waals surface area contributed by atoms with Crippen molar-refractivity contribution >= 4 is 39.9 Å². The average molecular weight is 607 g/mol. The Labute approximate surface area is 260 Å². The third kappa shape index (κ3) is 5.27. The highest BCUT2D eigenvalue weighted by molar-refractivity contribution is 5.99. The summed E-state index contributed by atoms with van der Waals surface area (Å²) >= 11 is 0. The Morgan fingerprint density at radius 1 is 0.978 bits per heavy atom. The predicted octanol–water partition coefficient (Wildman–Crippen LogP) is 3.20. The molecule has 0 spiro atoms. The average Bonchev–Trinajstić information content (AvgIpc) is 3.64. The van der Waals surface area contributed by atoms with Crippen molar-refractivity contribution in [2.75, 3.05) is 44.2 Å². The fraction of sp³-hybridized carbons (Fsp3) is 0.424. The summed E-state index contributed by atoms with van der Waals surface area (Å²) in [7, 11) is 0. The maximum atomic E-state index is 13.5. The van der Waals surface area contributed by atoms with E-state index < -0.39 is 0 Å². The van der Waals surface area contributed by atoms with Crippen LogP contribution in [0.5, 0.6) is 0 Å². The van der Waals surface area contributed by atoms with Crippen LogP contribution in [0.15, 0.2) is 47.1 Å². The maximum absolute atomic E-state index is 13.5. The van der Waals surface area contributed by atoms with Crippen LogP contribution in [0.25, 0.3) is 33.4 Å². The number of nitrogen functional groups attached to an aromatic ring is 2. The van der Waals surface area contributed by atoms with Gasteiger partial charge in [-0.1, -0.05) is 18.2 Å². The van der Waals surface area contributed by atoms with Gasteiger partial charge in [0.2, 0.25) is 5.91 Å². The van der Waals surface area contributed by atoms with Gasteiger partial charge < -0.3 is 31.0 Å². The number of hydrogen-bond acceptors (Lipinski definition) is 10. The molecule has 0 radical (unpaired) electrons. The summed E-state index contributed by atoms with van der Waals surface area (Å²) in [5.41, 5.74) is 19.2. The van der Waals surface area contributed by atoms with Gasteiger partial charge in [-0.2, -0.15) is 10.1 Å². The van der Waals surface area contributed by atoms with E-state index in [1.165, 1.54) is 30.3 Å². The van der Waals surface area contributed by atoms with Crippen LogP contribution in [0.2, 0.25) is 0 Å². The van der Waals surface area contributed by atoms with Gasteiger partial charge in [0.15, 0.2) is 11.2 Å². The molecule has 6 heterocycles. The minimum absolute atomic E-state index is 0.119. The SMILES string of the molecule is Nc1nc2cc(-c3nn(Cc4ccc5c(c4)CCN(C(=O)C4CCN(C6CCNCC6)CC4)C5)c4ncnc(N)c34)ccc2o1. The van der Waals surface area contributed by atoms with Crippen LogP contribution in [0.3, 0.4) is 0 Å². The van der Waals surface area contributed by atoms with Crippen LogP contribution < -0.4 is 16.8 Å². The molecular weight excluding hydrogens is 568 g/mol. The number of fused-ring (bicyclic) bond motifs is 3. The highest BCUT2D eigenvalue weighted by atomic mass is 16.4. The van der Waals surface area contributed by atoms with Crippen molar-refractivity contribution in [1.29, 1.82) is 0 Å². The lowest BCUT2D eigenvalue weighted by atomic mass is 9.91. The van der Waals surface area contributed by atoms with Gasteiger partial charge in [0.05, 0.1) is 11.9 Å². The van der Waals surface area contributed by atoms with Crippen molar-refractivity contribution in [3.05, 3.63) is 59.4 Å². The van der Waals surface area contributed by atoms with Crippen molar-refractivity contribution in [1.82, 2.24) is 39.8 Å². The summed E-state index contributed by atoms with van der Waals surface area (Å²) in [6.45, 7) is 6.26. The van der Waals surface area contributed by atoms with Crippen LogP contribution in [0.1, 0.15) is 42.4 Å². The molecule has 3 aliphatic heterocycles. The molecule has 0 aliphatic carbocycles. The number of amides is 1. The van der Waals surface area contributed by atoms with Crippen LogP contribution in [0.4, 0.5) is 11.8 Å². The zero-order valence-corrected chi connectivity index (χ0v) is 25.3. The van der Waals surface area contributed by atoms with E-state index in [4.69, 9.17) is 21.0 Å². The van der Waals surface area contributed by atoms with E-state index in [0.717, 1.165) is 63.1 Å². The molecule has 0 saturated carbocycles. The van der Waals surface area contributed by atoms with Gasteiger partial charge in [-0.3, -0.25) is 4.79 Å². The molecule has 0 bridgehead atoms. The van der Waals surface area contributed by atoms with Gasteiger partial charge in [0, 0.05) is 30.6 Å². The number of anilines is 2. The first-order valence-electron chi connectivity index (χ1n) is 16.0. The first-order chi connectivity index (χ1) is 22.0. The summed E-state index contributed by atoms with van der Waals surface area (Å²) in [5.74, 6) is 0.838. The summed E-state index contributed by atoms with van der Waals surface area (Å²) in [6, 6.07) is 13.0. The lowest BCUT2D eigenvalue weighted by Gasteiger charge is -2.40. The Morgan fingerprint density at radius 2 is 1.82 bits per heavy atom. The second-order valence-corrected chi connectivity index (χ2v) is 12.6. The molecule has 2 aromatic carbocycles. The van der Waals surface area contributed by atoms with E-state index in [1.54, 1.807) is 0 Å². The minimum Gasteiger partial charge on any atom is -0.424 e. The van der Waals surface area contributed by atoms with Crippen molar-refractivity contribution in [2.45, 2.75) is 51.2 Å². The van der Waals surface area contributed by atoms with Gasteiger partial charge in [-0.15, -0.1) is 0 Å². The van der Waals surface area contributed by atoms with Crippen molar-refractivity contribution in [2.24, 2.45) is 5.92 Å². The van der Waals surface area contributed by atoms with Gasteiger partial charge in [-0.25, -0.2) is 14.6 Å². The molecule has 5 N–H and O–H groups in total. The highest BCUT2D eigenvalue weighted by Gasteiger charge is 2.33. The number of piperidine rings is 2. The number of oxazole rings is 1. The lowest BCUT2D eigenvalue weighted by Crippen LogP contribution is -2.49. The summed E-state index contributed by atoms with van der Waals surface area (Å²) in [6.07, 6.45) is 6.71. The zero-order valence-electron chi connectivity index (χ0n) is 25.3. The molecule has 5 aromatic rings. The van der Waals surface area contributed by atoms with E-state index in [1.807, 2.05) is 22.9 Å². The molecule has 0 unspecified atom stereocenters. The van der Waals surface area contributed by atoms with E-state index in [9.17, 15) is 4.79 Å². The lowest BCUT2D eigenvalue weighted by molar-refractivity contribution is -0.138. The van der Waals surface area contributed by atoms with Gasteiger partial charge in [0.1, 0.15) is 23.4 Å².